The molecule has 2 amide bonds. The molecule has 0 saturated heterocycles. The standard InChI is InChI=1S/C14H18ClN5O2/c1-2-4-10(21)9-17-14(22)18-12-6-8-20(19-12)13-11(15)5-3-7-16-13/h3,5-8,10,21H,2,4,9H2,1H3,(H2,17,18,19,22). The number of rotatable bonds is 6. The molecule has 22 heavy (non-hydrogen) atoms. The number of carbonyl (C=O) groups excluding carboxylic acids is 1. The van der Waals surface area contributed by atoms with E-state index in [2.05, 4.69) is 20.7 Å². The summed E-state index contributed by atoms with van der Waals surface area (Å²) in [7, 11) is 0. The number of carbonyl (C=O) groups is 1. The molecule has 2 rings (SSSR count). The van der Waals surface area contributed by atoms with Gasteiger partial charge in [-0.1, -0.05) is 24.9 Å². The first kappa shape index (κ1) is 16.3. The predicted molar refractivity (Wildman–Crippen MR) is 84.3 cm³/mol. The molecule has 0 bridgehead atoms. The monoisotopic (exact) mass is 323 g/mol. The molecule has 0 radical (unpaired) electrons. The van der Waals surface area contributed by atoms with Crippen molar-refractivity contribution in [2.24, 2.45) is 0 Å². The van der Waals surface area contributed by atoms with Gasteiger partial charge in [0, 0.05) is 25.0 Å². The first-order valence-corrected chi connectivity index (χ1v) is 7.37. The summed E-state index contributed by atoms with van der Waals surface area (Å²) >= 11 is 6.04. The van der Waals surface area contributed by atoms with E-state index in [4.69, 9.17) is 11.6 Å². The molecule has 2 aromatic rings. The van der Waals surface area contributed by atoms with Crippen LogP contribution in [0.1, 0.15) is 19.8 Å². The summed E-state index contributed by atoms with van der Waals surface area (Å²) in [6.45, 7) is 2.17. The van der Waals surface area contributed by atoms with E-state index < -0.39 is 12.1 Å². The second-order valence-electron chi connectivity index (χ2n) is 4.73. The zero-order chi connectivity index (χ0) is 15.9. The fraction of sp³-hybridized carbons (Fsp3) is 0.357. The van der Waals surface area contributed by atoms with Gasteiger partial charge < -0.3 is 10.4 Å². The van der Waals surface area contributed by atoms with E-state index in [9.17, 15) is 9.90 Å². The molecular weight excluding hydrogens is 306 g/mol. The minimum atomic E-state index is -0.541. The van der Waals surface area contributed by atoms with Gasteiger partial charge in [-0.25, -0.2) is 14.5 Å². The number of nitrogens with zero attached hydrogens (tertiary/aromatic N) is 3. The highest BCUT2D eigenvalue weighted by molar-refractivity contribution is 6.32. The molecule has 0 aromatic carbocycles. The van der Waals surface area contributed by atoms with Crippen LogP contribution in [0.25, 0.3) is 5.82 Å². The molecular formula is C14H18ClN5O2. The van der Waals surface area contributed by atoms with E-state index in [1.54, 1.807) is 30.6 Å². The van der Waals surface area contributed by atoms with Crippen LogP contribution in [0.3, 0.4) is 0 Å². The first-order valence-electron chi connectivity index (χ1n) is 6.99. The van der Waals surface area contributed by atoms with Gasteiger partial charge in [-0.15, -0.1) is 5.10 Å². The van der Waals surface area contributed by atoms with Crippen LogP contribution in [0.2, 0.25) is 5.02 Å². The third-order valence-electron chi connectivity index (χ3n) is 2.91. The van der Waals surface area contributed by atoms with Crippen molar-refractivity contribution >= 4 is 23.4 Å². The van der Waals surface area contributed by atoms with Crippen molar-refractivity contribution in [3.8, 4) is 5.82 Å². The maximum atomic E-state index is 11.7. The third kappa shape index (κ3) is 4.44. The maximum absolute atomic E-state index is 11.7. The lowest BCUT2D eigenvalue weighted by Crippen LogP contribution is -2.35. The lowest BCUT2D eigenvalue weighted by atomic mass is 10.2. The minimum Gasteiger partial charge on any atom is -0.391 e. The van der Waals surface area contributed by atoms with E-state index in [-0.39, 0.29) is 6.54 Å². The Balaban J connectivity index is 1.92. The summed E-state index contributed by atoms with van der Waals surface area (Å²) in [5, 5.41) is 19.4. The van der Waals surface area contributed by atoms with Crippen molar-refractivity contribution < 1.29 is 9.90 Å². The van der Waals surface area contributed by atoms with Crippen LogP contribution in [0, 0.1) is 0 Å². The molecule has 2 heterocycles. The highest BCUT2D eigenvalue weighted by atomic mass is 35.5. The van der Waals surface area contributed by atoms with Crippen LogP contribution in [0.4, 0.5) is 10.6 Å². The number of aliphatic hydroxyl groups excluding tert-OH is 1. The number of hydrogen-bond donors (Lipinski definition) is 3. The molecule has 0 aliphatic carbocycles. The van der Waals surface area contributed by atoms with E-state index in [0.717, 1.165) is 6.42 Å². The van der Waals surface area contributed by atoms with Gasteiger partial charge in [0.1, 0.15) is 0 Å². The highest BCUT2D eigenvalue weighted by Gasteiger charge is 2.09. The second-order valence-corrected chi connectivity index (χ2v) is 5.14. The van der Waals surface area contributed by atoms with Crippen LogP contribution in [0.5, 0.6) is 0 Å². The number of halogens is 1. The van der Waals surface area contributed by atoms with Gasteiger partial charge >= 0.3 is 6.03 Å². The second kappa shape index (κ2) is 7.77. The molecule has 1 atom stereocenters. The summed E-state index contributed by atoms with van der Waals surface area (Å²) in [5.74, 6) is 0.847. The number of pyridine rings is 1. The van der Waals surface area contributed by atoms with Crippen molar-refractivity contribution in [2.45, 2.75) is 25.9 Å². The Morgan fingerprint density at radius 3 is 3.05 bits per heavy atom. The molecule has 7 nitrogen and oxygen atoms in total. The van der Waals surface area contributed by atoms with Crippen LogP contribution in [-0.2, 0) is 0 Å². The normalized spacial score (nSPS) is 12.0. The molecule has 0 fully saturated rings. The quantitative estimate of drug-likeness (QED) is 0.760. The van der Waals surface area contributed by atoms with Gasteiger partial charge in [0.15, 0.2) is 11.6 Å². The fourth-order valence-electron chi connectivity index (χ4n) is 1.86. The molecule has 0 aliphatic heterocycles. The average Bonchev–Trinajstić information content (AvgIpc) is 2.94. The Morgan fingerprint density at radius 2 is 2.32 bits per heavy atom. The van der Waals surface area contributed by atoms with Crippen LogP contribution >= 0.6 is 11.6 Å². The zero-order valence-corrected chi connectivity index (χ0v) is 12.9. The largest absolute Gasteiger partial charge is 0.391 e. The Labute approximate surface area is 133 Å². The summed E-state index contributed by atoms with van der Waals surface area (Å²) in [5.41, 5.74) is 0. The van der Waals surface area contributed by atoms with E-state index in [0.29, 0.717) is 23.1 Å². The van der Waals surface area contributed by atoms with Crippen LogP contribution < -0.4 is 10.6 Å². The number of urea groups is 1. The predicted octanol–water partition coefficient (Wildman–Crippen LogP) is 2.20. The number of aromatic nitrogens is 3. The van der Waals surface area contributed by atoms with E-state index in [1.807, 2.05) is 6.92 Å². The molecule has 118 valence electrons. The Kier molecular flexibility index (Phi) is 5.74. The van der Waals surface area contributed by atoms with E-state index >= 15 is 0 Å². The molecule has 3 N–H and O–H groups in total. The zero-order valence-electron chi connectivity index (χ0n) is 12.2. The average molecular weight is 324 g/mol. The number of amides is 2. The maximum Gasteiger partial charge on any atom is 0.320 e. The molecule has 0 aliphatic rings. The summed E-state index contributed by atoms with van der Waals surface area (Å²) in [6.07, 6.45) is 4.22. The summed E-state index contributed by atoms with van der Waals surface area (Å²) < 4.78 is 1.48. The number of nitrogens with one attached hydrogen (secondary N) is 2. The molecule has 0 spiro atoms. The summed E-state index contributed by atoms with van der Waals surface area (Å²) in [6, 6.07) is 4.64. The molecule has 0 saturated carbocycles. The SMILES string of the molecule is CCCC(O)CNC(=O)Nc1ccn(-c2ncccc2Cl)n1. The Bertz CT molecular complexity index is 631. The lowest BCUT2D eigenvalue weighted by Gasteiger charge is -2.10. The first-order chi connectivity index (χ1) is 10.6. The van der Waals surface area contributed by atoms with Gasteiger partial charge in [-0.05, 0) is 18.6 Å². The Hall–Kier alpha value is -2.12. The van der Waals surface area contributed by atoms with Crippen molar-refractivity contribution in [3.05, 3.63) is 35.6 Å². The van der Waals surface area contributed by atoms with Crippen molar-refractivity contribution in [1.29, 1.82) is 0 Å². The number of hydrogen-bond acceptors (Lipinski definition) is 4. The molecule has 1 unspecified atom stereocenters. The number of aliphatic hydroxyl groups is 1. The highest BCUT2D eigenvalue weighted by Crippen LogP contribution is 2.17. The van der Waals surface area contributed by atoms with Crippen molar-refractivity contribution in [1.82, 2.24) is 20.1 Å². The molecule has 8 heteroatoms. The van der Waals surface area contributed by atoms with Crippen molar-refractivity contribution in [2.75, 3.05) is 11.9 Å². The van der Waals surface area contributed by atoms with Gasteiger partial charge in [0.2, 0.25) is 0 Å². The van der Waals surface area contributed by atoms with Gasteiger partial charge in [-0.3, -0.25) is 5.32 Å². The minimum absolute atomic E-state index is 0.201. The van der Waals surface area contributed by atoms with Gasteiger partial charge in [-0.2, -0.15) is 0 Å². The van der Waals surface area contributed by atoms with Crippen LogP contribution in [0.15, 0.2) is 30.6 Å². The summed E-state index contributed by atoms with van der Waals surface area (Å²) in [4.78, 5) is 15.8. The smallest absolute Gasteiger partial charge is 0.320 e. The Morgan fingerprint density at radius 1 is 1.50 bits per heavy atom. The lowest BCUT2D eigenvalue weighted by molar-refractivity contribution is 0.162. The van der Waals surface area contributed by atoms with Crippen LogP contribution in [-0.4, -0.2) is 38.6 Å². The van der Waals surface area contributed by atoms with Crippen molar-refractivity contribution in [3.63, 3.8) is 0 Å². The fourth-order valence-corrected chi connectivity index (χ4v) is 2.07. The number of anilines is 1. The van der Waals surface area contributed by atoms with E-state index in [1.165, 1.54) is 4.68 Å². The third-order valence-corrected chi connectivity index (χ3v) is 3.20. The van der Waals surface area contributed by atoms with Gasteiger partial charge in [0.25, 0.3) is 0 Å². The van der Waals surface area contributed by atoms with Gasteiger partial charge in [0.05, 0.1) is 11.1 Å². The topological polar surface area (TPSA) is 92.1 Å². The molecule has 2 aromatic heterocycles.